The number of hydrogen-bond donors (Lipinski definition) is 2. The Morgan fingerprint density at radius 1 is 1.00 bits per heavy atom. The first kappa shape index (κ1) is 14.6. The van der Waals surface area contributed by atoms with E-state index in [0.29, 0.717) is 39.1 Å². The SMILES string of the molecule is Cc1cc(Nc2ccnc(Nc3cc(Cl)cc(Cl)c3)n2)no1. The van der Waals surface area contributed by atoms with Gasteiger partial charge < -0.3 is 15.2 Å². The molecule has 0 aliphatic rings. The normalized spacial score (nSPS) is 10.5. The Balaban J connectivity index is 1.78. The molecule has 0 saturated carbocycles. The molecule has 0 bridgehead atoms. The van der Waals surface area contributed by atoms with Crippen molar-refractivity contribution in [3.8, 4) is 0 Å². The monoisotopic (exact) mass is 335 g/mol. The minimum atomic E-state index is 0.406. The summed E-state index contributed by atoms with van der Waals surface area (Å²) >= 11 is 11.9. The van der Waals surface area contributed by atoms with E-state index in [9.17, 15) is 0 Å². The summed E-state index contributed by atoms with van der Waals surface area (Å²) in [6.45, 7) is 1.81. The Morgan fingerprint density at radius 3 is 2.45 bits per heavy atom. The molecule has 3 rings (SSSR count). The van der Waals surface area contributed by atoms with E-state index in [1.807, 2.05) is 6.92 Å². The molecule has 112 valence electrons. The van der Waals surface area contributed by atoms with Crippen molar-refractivity contribution in [2.45, 2.75) is 6.92 Å². The second kappa shape index (κ2) is 6.21. The number of halogens is 2. The smallest absolute Gasteiger partial charge is 0.229 e. The van der Waals surface area contributed by atoms with Crippen LogP contribution in [0.25, 0.3) is 0 Å². The van der Waals surface area contributed by atoms with Gasteiger partial charge in [-0.3, -0.25) is 0 Å². The van der Waals surface area contributed by atoms with Crippen LogP contribution in [0.5, 0.6) is 0 Å². The fourth-order valence-electron chi connectivity index (χ4n) is 1.80. The standard InChI is InChI=1S/C14H11Cl2N5O/c1-8-4-13(21-22-8)19-12-2-3-17-14(20-12)18-11-6-9(15)5-10(16)7-11/h2-7H,1H3,(H2,17,18,19,20,21). The lowest BCUT2D eigenvalue weighted by atomic mass is 10.3. The van der Waals surface area contributed by atoms with E-state index in [-0.39, 0.29) is 0 Å². The van der Waals surface area contributed by atoms with Gasteiger partial charge in [-0.25, -0.2) is 4.98 Å². The summed E-state index contributed by atoms with van der Waals surface area (Å²) in [5.41, 5.74) is 0.701. The van der Waals surface area contributed by atoms with Crippen molar-refractivity contribution in [2.24, 2.45) is 0 Å². The molecule has 0 unspecified atom stereocenters. The van der Waals surface area contributed by atoms with Gasteiger partial charge in [0.2, 0.25) is 5.95 Å². The van der Waals surface area contributed by atoms with Crippen molar-refractivity contribution < 1.29 is 4.52 Å². The number of hydrogen-bond acceptors (Lipinski definition) is 6. The molecule has 0 aliphatic heterocycles. The molecule has 3 aromatic rings. The van der Waals surface area contributed by atoms with Gasteiger partial charge in [0.1, 0.15) is 11.6 Å². The van der Waals surface area contributed by atoms with Crippen LogP contribution >= 0.6 is 23.2 Å². The molecule has 22 heavy (non-hydrogen) atoms. The zero-order valence-corrected chi connectivity index (χ0v) is 13.0. The summed E-state index contributed by atoms with van der Waals surface area (Å²) in [4.78, 5) is 8.48. The quantitative estimate of drug-likeness (QED) is 0.727. The van der Waals surface area contributed by atoms with E-state index < -0.39 is 0 Å². The molecule has 6 nitrogen and oxygen atoms in total. The van der Waals surface area contributed by atoms with E-state index in [0.717, 1.165) is 0 Å². The maximum Gasteiger partial charge on any atom is 0.229 e. The number of nitrogens with one attached hydrogen (secondary N) is 2. The van der Waals surface area contributed by atoms with Crippen LogP contribution < -0.4 is 10.6 Å². The molecule has 1 aromatic carbocycles. The molecule has 0 saturated heterocycles. The molecule has 0 spiro atoms. The van der Waals surface area contributed by atoms with Crippen molar-refractivity contribution in [1.82, 2.24) is 15.1 Å². The fraction of sp³-hybridized carbons (Fsp3) is 0.0714. The number of aromatic nitrogens is 3. The summed E-state index contributed by atoms with van der Waals surface area (Å²) in [6, 6.07) is 8.61. The molecule has 8 heteroatoms. The molecular weight excluding hydrogens is 325 g/mol. The number of nitrogens with zero attached hydrogens (tertiary/aromatic N) is 3. The van der Waals surface area contributed by atoms with E-state index >= 15 is 0 Å². The van der Waals surface area contributed by atoms with Gasteiger partial charge in [0.05, 0.1) is 0 Å². The number of rotatable bonds is 4. The fourth-order valence-corrected chi connectivity index (χ4v) is 2.33. The summed E-state index contributed by atoms with van der Waals surface area (Å²) in [5, 5.41) is 11.0. The third kappa shape index (κ3) is 3.66. The summed E-state index contributed by atoms with van der Waals surface area (Å²) in [5.74, 6) is 2.28. The van der Waals surface area contributed by atoms with Gasteiger partial charge >= 0.3 is 0 Å². The van der Waals surface area contributed by atoms with E-state index in [2.05, 4.69) is 25.8 Å². The van der Waals surface area contributed by atoms with Crippen molar-refractivity contribution in [2.75, 3.05) is 10.6 Å². The van der Waals surface area contributed by atoms with Crippen molar-refractivity contribution in [3.63, 3.8) is 0 Å². The molecular formula is C14H11Cl2N5O. The van der Waals surface area contributed by atoms with Crippen molar-refractivity contribution >= 4 is 46.5 Å². The minimum absolute atomic E-state index is 0.406. The molecule has 0 radical (unpaired) electrons. The minimum Gasteiger partial charge on any atom is -0.360 e. The number of benzene rings is 1. The van der Waals surface area contributed by atoms with Crippen LogP contribution in [-0.4, -0.2) is 15.1 Å². The Kier molecular flexibility index (Phi) is 4.13. The number of anilines is 4. The van der Waals surface area contributed by atoms with Crippen LogP contribution in [-0.2, 0) is 0 Å². The van der Waals surface area contributed by atoms with Crippen LogP contribution in [0, 0.1) is 6.92 Å². The van der Waals surface area contributed by atoms with Gasteiger partial charge in [-0.05, 0) is 31.2 Å². The Morgan fingerprint density at radius 2 is 1.77 bits per heavy atom. The highest BCUT2D eigenvalue weighted by atomic mass is 35.5. The number of aryl methyl sites for hydroxylation is 1. The topological polar surface area (TPSA) is 75.9 Å². The molecule has 0 amide bonds. The first-order valence-corrected chi connectivity index (χ1v) is 7.10. The van der Waals surface area contributed by atoms with Gasteiger partial charge in [0.25, 0.3) is 0 Å². The lowest BCUT2D eigenvalue weighted by molar-refractivity contribution is 0.400. The van der Waals surface area contributed by atoms with Gasteiger partial charge in [-0.1, -0.05) is 28.4 Å². The molecule has 0 atom stereocenters. The van der Waals surface area contributed by atoms with Crippen molar-refractivity contribution in [1.29, 1.82) is 0 Å². The average Bonchev–Trinajstić information content (AvgIpc) is 2.83. The predicted octanol–water partition coefficient (Wildman–Crippen LogP) is 4.57. The van der Waals surface area contributed by atoms with Crippen LogP contribution in [0.3, 0.4) is 0 Å². The van der Waals surface area contributed by atoms with Crippen LogP contribution in [0.1, 0.15) is 5.76 Å². The second-order valence-electron chi connectivity index (χ2n) is 4.50. The first-order chi connectivity index (χ1) is 10.6. The summed E-state index contributed by atoms with van der Waals surface area (Å²) in [6.07, 6.45) is 1.62. The molecule has 0 aliphatic carbocycles. The van der Waals surface area contributed by atoms with Crippen LogP contribution in [0.4, 0.5) is 23.3 Å². The van der Waals surface area contributed by atoms with Crippen molar-refractivity contribution in [3.05, 3.63) is 52.3 Å². The molecule has 2 heterocycles. The highest BCUT2D eigenvalue weighted by molar-refractivity contribution is 6.35. The molecule has 2 N–H and O–H groups in total. The van der Waals surface area contributed by atoms with Gasteiger partial charge in [-0.2, -0.15) is 4.98 Å². The van der Waals surface area contributed by atoms with Crippen LogP contribution in [0.15, 0.2) is 41.1 Å². The summed E-state index contributed by atoms with van der Waals surface area (Å²) < 4.78 is 4.99. The Labute approximate surface area is 136 Å². The zero-order chi connectivity index (χ0) is 15.5. The Hall–Kier alpha value is -2.31. The Bertz CT molecular complexity index is 785. The lowest BCUT2D eigenvalue weighted by Gasteiger charge is -2.07. The average molecular weight is 336 g/mol. The zero-order valence-electron chi connectivity index (χ0n) is 11.5. The largest absolute Gasteiger partial charge is 0.360 e. The van der Waals surface area contributed by atoms with Gasteiger partial charge in [-0.15, -0.1) is 0 Å². The molecule has 2 aromatic heterocycles. The third-order valence-electron chi connectivity index (χ3n) is 2.66. The third-order valence-corrected chi connectivity index (χ3v) is 3.09. The van der Waals surface area contributed by atoms with E-state index in [4.69, 9.17) is 27.7 Å². The predicted molar refractivity (Wildman–Crippen MR) is 86.3 cm³/mol. The van der Waals surface area contributed by atoms with Gasteiger partial charge in [0, 0.05) is 28.0 Å². The summed E-state index contributed by atoms with van der Waals surface area (Å²) in [7, 11) is 0. The first-order valence-electron chi connectivity index (χ1n) is 6.35. The maximum atomic E-state index is 5.96. The van der Waals surface area contributed by atoms with E-state index in [1.54, 1.807) is 36.5 Å². The lowest BCUT2D eigenvalue weighted by Crippen LogP contribution is -2.00. The maximum absolute atomic E-state index is 5.96. The van der Waals surface area contributed by atoms with Gasteiger partial charge in [0.15, 0.2) is 5.82 Å². The molecule has 0 fully saturated rings. The highest BCUT2D eigenvalue weighted by Gasteiger charge is 2.05. The highest BCUT2D eigenvalue weighted by Crippen LogP contribution is 2.24. The second-order valence-corrected chi connectivity index (χ2v) is 5.37. The van der Waals surface area contributed by atoms with Crippen LogP contribution in [0.2, 0.25) is 10.0 Å². The van der Waals surface area contributed by atoms with E-state index in [1.165, 1.54) is 0 Å².